The number of hydrogen-bond donors (Lipinski definition) is 1. The molecule has 4 nitrogen and oxygen atoms in total. The van der Waals surface area contributed by atoms with Crippen LogP contribution in [0.25, 0.3) is 0 Å². The summed E-state index contributed by atoms with van der Waals surface area (Å²) in [5.41, 5.74) is -0.598. The first-order valence-corrected chi connectivity index (χ1v) is 8.02. The van der Waals surface area contributed by atoms with E-state index in [0.29, 0.717) is 21.3 Å². The normalized spacial score (nSPS) is 20.2. The van der Waals surface area contributed by atoms with E-state index in [-0.39, 0.29) is 0 Å². The Morgan fingerprint density at radius 3 is 2.32 bits per heavy atom. The number of anilines is 1. The molecule has 0 bridgehead atoms. The minimum Gasteiger partial charge on any atom is -0.326 e. The van der Waals surface area contributed by atoms with E-state index in [1.54, 1.807) is 12.1 Å². The SMILES string of the molecule is N#CC1(C#N)C(C(=O)Nc2ccc(F)cc2)C1c1ccc(Cl)cc1Cl. The third kappa shape index (κ3) is 2.93. The largest absolute Gasteiger partial charge is 0.326 e. The van der Waals surface area contributed by atoms with E-state index in [9.17, 15) is 19.7 Å². The smallest absolute Gasteiger partial charge is 0.230 e. The van der Waals surface area contributed by atoms with Gasteiger partial charge < -0.3 is 5.32 Å². The fourth-order valence-corrected chi connectivity index (χ4v) is 3.51. The van der Waals surface area contributed by atoms with Crippen LogP contribution in [0.4, 0.5) is 10.1 Å². The highest BCUT2D eigenvalue weighted by Gasteiger charge is 2.71. The van der Waals surface area contributed by atoms with Crippen LogP contribution in [0.2, 0.25) is 10.0 Å². The molecule has 0 heterocycles. The molecular weight excluding hydrogens is 364 g/mol. The Labute approximate surface area is 153 Å². The molecule has 2 atom stereocenters. The first kappa shape index (κ1) is 17.2. The predicted octanol–water partition coefficient (Wildman–Crippen LogP) is 4.52. The van der Waals surface area contributed by atoms with Crippen molar-refractivity contribution in [2.45, 2.75) is 5.92 Å². The number of benzene rings is 2. The Kier molecular flexibility index (Phi) is 4.39. The second-order valence-corrected chi connectivity index (χ2v) is 6.55. The van der Waals surface area contributed by atoms with E-state index < -0.39 is 29.0 Å². The van der Waals surface area contributed by atoms with Gasteiger partial charge in [0.1, 0.15) is 5.82 Å². The van der Waals surface area contributed by atoms with Crippen LogP contribution in [-0.4, -0.2) is 5.91 Å². The number of nitriles is 2. The van der Waals surface area contributed by atoms with Gasteiger partial charge in [0.2, 0.25) is 5.91 Å². The lowest BCUT2D eigenvalue weighted by Gasteiger charge is -2.05. The third-order valence-corrected chi connectivity index (χ3v) is 4.83. The van der Waals surface area contributed by atoms with Crippen molar-refractivity contribution in [3.05, 3.63) is 63.9 Å². The summed E-state index contributed by atoms with van der Waals surface area (Å²) >= 11 is 12.1. The Hall–Kier alpha value is -2.60. The van der Waals surface area contributed by atoms with Crippen LogP contribution in [0, 0.1) is 39.8 Å². The summed E-state index contributed by atoms with van der Waals surface area (Å²) in [4.78, 5) is 12.6. The summed E-state index contributed by atoms with van der Waals surface area (Å²) in [5.74, 6) is -2.47. The van der Waals surface area contributed by atoms with Crippen molar-refractivity contribution in [1.82, 2.24) is 0 Å². The molecule has 0 saturated heterocycles. The lowest BCUT2D eigenvalue weighted by molar-refractivity contribution is -0.117. The Balaban J connectivity index is 1.91. The summed E-state index contributed by atoms with van der Waals surface area (Å²) in [7, 11) is 0. The lowest BCUT2D eigenvalue weighted by atomic mass is 10.0. The Morgan fingerprint density at radius 2 is 1.76 bits per heavy atom. The zero-order valence-electron chi connectivity index (χ0n) is 12.6. The Bertz CT molecular complexity index is 917. The van der Waals surface area contributed by atoms with Crippen molar-refractivity contribution in [1.29, 1.82) is 10.5 Å². The van der Waals surface area contributed by atoms with E-state index in [1.165, 1.54) is 30.3 Å². The van der Waals surface area contributed by atoms with E-state index in [2.05, 4.69) is 5.32 Å². The highest BCUT2D eigenvalue weighted by molar-refractivity contribution is 6.35. The fourth-order valence-electron chi connectivity index (χ4n) is 2.98. The van der Waals surface area contributed by atoms with Crippen LogP contribution in [0.3, 0.4) is 0 Å². The third-order valence-electron chi connectivity index (χ3n) is 4.27. The highest BCUT2D eigenvalue weighted by Crippen LogP contribution is 2.65. The summed E-state index contributed by atoms with van der Waals surface area (Å²) in [6.45, 7) is 0. The van der Waals surface area contributed by atoms with Gasteiger partial charge in [-0.3, -0.25) is 4.79 Å². The Morgan fingerprint density at radius 1 is 1.12 bits per heavy atom. The van der Waals surface area contributed by atoms with Gasteiger partial charge in [-0.1, -0.05) is 29.3 Å². The van der Waals surface area contributed by atoms with Crippen molar-refractivity contribution in [2.24, 2.45) is 11.3 Å². The molecule has 1 aliphatic carbocycles. The molecule has 1 fully saturated rings. The van der Waals surface area contributed by atoms with E-state index in [4.69, 9.17) is 23.2 Å². The number of nitrogens with one attached hydrogen (secondary N) is 1. The first-order chi connectivity index (χ1) is 11.9. The number of nitrogens with zero attached hydrogens (tertiary/aromatic N) is 2. The maximum absolute atomic E-state index is 13.0. The zero-order chi connectivity index (χ0) is 18.2. The minimum atomic E-state index is -1.50. The molecule has 7 heteroatoms. The number of rotatable bonds is 3. The van der Waals surface area contributed by atoms with Gasteiger partial charge in [-0.25, -0.2) is 4.39 Å². The minimum absolute atomic E-state index is 0.296. The average Bonchev–Trinajstić information content (AvgIpc) is 3.26. The van der Waals surface area contributed by atoms with Gasteiger partial charge >= 0.3 is 0 Å². The van der Waals surface area contributed by atoms with Crippen molar-refractivity contribution >= 4 is 34.8 Å². The maximum atomic E-state index is 13.0. The van der Waals surface area contributed by atoms with Crippen molar-refractivity contribution in [3.63, 3.8) is 0 Å². The van der Waals surface area contributed by atoms with Gasteiger partial charge in [0.25, 0.3) is 0 Å². The maximum Gasteiger partial charge on any atom is 0.230 e. The first-order valence-electron chi connectivity index (χ1n) is 7.27. The number of carbonyl (C=O) groups excluding carboxylic acids is 1. The number of amides is 1. The van der Waals surface area contributed by atoms with Crippen molar-refractivity contribution < 1.29 is 9.18 Å². The molecule has 2 aromatic carbocycles. The molecule has 0 radical (unpaired) electrons. The van der Waals surface area contributed by atoms with Crippen LogP contribution in [0.1, 0.15) is 11.5 Å². The van der Waals surface area contributed by atoms with Gasteiger partial charge in [-0.2, -0.15) is 10.5 Å². The van der Waals surface area contributed by atoms with Crippen LogP contribution < -0.4 is 5.32 Å². The molecule has 0 aliphatic heterocycles. The van der Waals surface area contributed by atoms with Crippen molar-refractivity contribution in [2.75, 3.05) is 5.32 Å². The van der Waals surface area contributed by atoms with Crippen LogP contribution >= 0.6 is 23.2 Å². The second kappa shape index (κ2) is 6.37. The van der Waals surface area contributed by atoms with E-state index >= 15 is 0 Å². The second-order valence-electron chi connectivity index (χ2n) is 5.71. The van der Waals surface area contributed by atoms with Crippen LogP contribution in [0.15, 0.2) is 42.5 Å². The molecule has 124 valence electrons. The quantitative estimate of drug-likeness (QED) is 0.858. The standard InChI is InChI=1S/C18H10Cl2FN3O/c19-10-1-6-13(14(20)7-10)15-16(18(15,8-22)9-23)17(25)24-12-4-2-11(21)3-5-12/h1-7,15-16H,(H,24,25). The van der Waals surface area contributed by atoms with Crippen LogP contribution in [0.5, 0.6) is 0 Å². The molecule has 25 heavy (non-hydrogen) atoms. The van der Waals surface area contributed by atoms with Crippen LogP contribution in [-0.2, 0) is 4.79 Å². The molecule has 0 aromatic heterocycles. The van der Waals surface area contributed by atoms with E-state index in [1.807, 2.05) is 12.1 Å². The van der Waals surface area contributed by atoms with Crippen molar-refractivity contribution in [3.8, 4) is 12.1 Å². The number of halogens is 3. The van der Waals surface area contributed by atoms with Gasteiger partial charge in [0, 0.05) is 21.7 Å². The predicted molar refractivity (Wildman–Crippen MR) is 91.4 cm³/mol. The van der Waals surface area contributed by atoms with Gasteiger partial charge in [0.05, 0.1) is 18.1 Å². The lowest BCUT2D eigenvalue weighted by Crippen LogP contribution is -2.17. The molecule has 1 saturated carbocycles. The topological polar surface area (TPSA) is 76.7 Å². The molecule has 2 aromatic rings. The summed E-state index contributed by atoms with van der Waals surface area (Å²) in [6.07, 6.45) is 0. The molecule has 3 rings (SSSR count). The van der Waals surface area contributed by atoms with Gasteiger partial charge in [-0.15, -0.1) is 0 Å². The fraction of sp³-hybridized carbons (Fsp3) is 0.167. The summed E-state index contributed by atoms with van der Waals surface area (Å²) in [5, 5.41) is 22.3. The molecule has 2 unspecified atom stereocenters. The number of hydrogen-bond acceptors (Lipinski definition) is 3. The monoisotopic (exact) mass is 373 g/mol. The number of carbonyl (C=O) groups is 1. The molecule has 1 amide bonds. The van der Waals surface area contributed by atoms with Gasteiger partial charge in [0.15, 0.2) is 5.41 Å². The van der Waals surface area contributed by atoms with Gasteiger partial charge in [-0.05, 0) is 42.0 Å². The molecule has 1 aliphatic rings. The molecule has 0 spiro atoms. The summed E-state index contributed by atoms with van der Waals surface area (Å²) < 4.78 is 13.0. The van der Waals surface area contributed by atoms with E-state index in [0.717, 1.165) is 0 Å². The highest BCUT2D eigenvalue weighted by atomic mass is 35.5. The molecule has 1 N–H and O–H groups in total. The summed E-state index contributed by atoms with van der Waals surface area (Å²) in [6, 6.07) is 13.8. The average molecular weight is 374 g/mol. The zero-order valence-corrected chi connectivity index (χ0v) is 14.1. The molecular formula is C18H10Cl2FN3O.